The number of methoxy groups -OCH3 is 1. The van der Waals surface area contributed by atoms with E-state index in [0.29, 0.717) is 23.6 Å². The Balaban J connectivity index is 1.80. The average molecular weight is 386 g/mol. The van der Waals surface area contributed by atoms with Gasteiger partial charge in [0.25, 0.3) is 5.56 Å². The summed E-state index contributed by atoms with van der Waals surface area (Å²) in [5.74, 6) is 1.23. The molecule has 1 saturated carbocycles. The number of ether oxygens (including phenoxy) is 2. The van der Waals surface area contributed by atoms with Crippen LogP contribution in [0.3, 0.4) is 0 Å². The zero-order valence-corrected chi connectivity index (χ0v) is 16.0. The van der Waals surface area contributed by atoms with Gasteiger partial charge in [0.05, 0.1) is 7.11 Å². The average Bonchev–Trinajstić information content (AvgIpc) is 3.35. The van der Waals surface area contributed by atoms with E-state index in [1.165, 1.54) is 42.7 Å². The van der Waals surface area contributed by atoms with Crippen LogP contribution >= 0.6 is 0 Å². The summed E-state index contributed by atoms with van der Waals surface area (Å²) >= 11 is 0. The third kappa shape index (κ3) is 3.34. The summed E-state index contributed by atoms with van der Waals surface area (Å²) in [6.45, 7) is 2.41. The second kappa shape index (κ2) is 7.61. The molecule has 1 aromatic carbocycles. The van der Waals surface area contributed by atoms with Crippen LogP contribution in [0.1, 0.15) is 50.8 Å². The van der Waals surface area contributed by atoms with Crippen LogP contribution < -0.4 is 15.0 Å². The minimum Gasteiger partial charge on any atom is -0.493 e. The zero-order valence-electron chi connectivity index (χ0n) is 16.0. The van der Waals surface area contributed by atoms with Crippen LogP contribution in [-0.4, -0.2) is 26.6 Å². The molecule has 0 radical (unpaired) electrons. The van der Waals surface area contributed by atoms with E-state index in [0.717, 1.165) is 25.1 Å². The first-order valence-corrected chi connectivity index (χ1v) is 9.62. The maximum atomic E-state index is 13.5. The number of H-pyrrole nitrogens is 1. The fourth-order valence-electron chi connectivity index (χ4n) is 3.70. The molecular formula is C20H23FN4O3. The molecule has 2 heterocycles. The fraction of sp³-hybridized carbons (Fsp3) is 0.450. The molecule has 0 atom stereocenters. The van der Waals surface area contributed by atoms with E-state index in [-0.39, 0.29) is 23.1 Å². The number of nitrogens with zero attached hydrogens (tertiary/aromatic N) is 3. The Hall–Kier alpha value is -2.90. The van der Waals surface area contributed by atoms with Crippen molar-refractivity contribution in [2.75, 3.05) is 7.11 Å². The summed E-state index contributed by atoms with van der Waals surface area (Å²) in [5.41, 5.74) is 0.517. The number of nitrogens with one attached hydrogen (secondary N) is 1. The van der Waals surface area contributed by atoms with Gasteiger partial charge in [0.2, 0.25) is 0 Å². The van der Waals surface area contributed by atoms with Crippen LogP contribution in [0, 0.1) is 5.82 Å². The summed E-state index contributed by atoms with van der Waals surface area (Å²) in [6.07, 6.45) is 5.22. The second-order valence-electron chi connectivity index (χ2n) is 7.05. The van der Waals surface area contributed by atoms with Crippen LogP contribution in [0.4, 0.5) is 4.39 Å². The van der Waals surface area contributed by atoms with Gasteiger partial charge < -0.3 is 14.5 Å². The maximum Gasteiger partial charge on any atom is 0.307 e. The zero-order chi connectivity index (χ0) is 19.7. The van der Waals surface area contributed by atoms with E-state index in [1.807, 2.05) is 6.92 Å². The highest BCUT2D eigenvalue weighted by atomic mass is 19.1. The molecule has 0 amide bonds. The van der Waals surface area contributed by atoms with E-state index in [1.54, 1.807) is 0 Å². The van der Waals surface area contributed by atoms with Gasteiger partial charge in [-0.2, -0.15) is 4.98 Å². The normalized spacial score (nSPS) is 14.7. The fourth-order valence-corrected chi connectivity index (χ4v) is 3.70. The van der Waals surface area contributed by atoms with E-state index < -0.39 is 5.82 Å². The molecule has 0 spiro atoms. The summed E-state index contributed by atoms with van der Waals surface area (Å²) in [4.78, 5) is 25.3. The van der Waals surface area contributed by atoms with Crippen molar-refractivity contribution in [3.63, 3.8) is 0 Å². The number of aromatic nitrogens is 4. The Labute approximate surface area is 161 Å². The molecule has 3 aromatic rings. The first-order valence-electron chi connectivity index (χ1n) is 9.62. The smallest absolute Gasteiger partial charge is 0.307 e. The molecule has 1 N–H and O–H groups in total. The lowest BCUT2D eigenvalue weighted by atomic mass is 10.1. The van der Waals surface area contributed by atoms with Gasteiger partial charge >= 0.3 is 6.01 Å². The first kappa shape index (κ1) is 18.5. The SMILES string of the molecule is CCCn1c(Oc2ccc(F)cc2OC)nc2nc(C3CCCC3)[nH]c2c1=O. The Morgan fingerprint density at radius 1 is 1.25 bits per heavy atom. The number of benzene rings is 1. The number of hydrogen-bond donors (Lipinski definition) is 1. The molecule has 1 aliphatic rings. The minimum absolute atomic E-state index is 0.119. The Kier molecular flexibility index (Phi) is 5.02. The van der Waals surface area contributed by atoms with Gasteiger partial charge in [-0.3, -0.25) is 9.36 Å². The highest BCUT2D eigenvalue weighted by molar-refractivity contribution is 5.70. The molecule has 4 rings (SSSR count). The van der Waals surface area contributed by atoms with Crippen LogP contribution in [0.2, 0.25) is 0 Å². The van der Waals surface area contributed by atoms with Crippen molar-refractivity contribution in [3.05, 3.63) is 40.2 Å². The van der Waals surface area contributed by atoms with Gasteiger partial charge in [-0.15, -0.1) is 0 Å². The van der Waals surface area contributed by atoms with E-state index in [9.17, 15) is 9.18 Å². The van der Waals surface area contributed by atoms with Gasteiger partial charge in [-0.25, -0.2) is 9.37 Å². The summed E-state index contributed by atoms with van der Waals surface area (Å²) in [7, 11) is 1.43. The predicted molar refractivity (Wildman–Crippen MR) is 103 cm³/mol. The van der Waals surface area contributed by atoms with Gasteiger partial charge in [0.1, 0.15) is 11.6 Å². The Morgan fingerprint density at radius 3 is 2.75 bits per heavy atom. The molecular weight excluding hydrogens is 363 g/mol. The minimum atomic E-state index is -0.438. The van der Waals surface area contributed by atoms with E-state index in [2.05, 4.69) is 15.0 Å². The van der Waals surface area contributed by atoms with Crippen molar-refractivity contribution in [1.82, 2.24) is 19.5 Å². The highest BCUT2D eigenvalue weighted by Gasteiger charge is 2.23. The molecule has 8 heteroatoms. The van der Waals surface area contributed by atoms with Crippen LogP contribution in [0.5, 0.6) is 17.5 Å². The standard InChI is InChI=1S/C20H23FN4O3/c1-3-10-25-19(26)16-18(23-17(22-16)12-6-4-5-7-12)24-20(25)28-14-9-8-13(21)11-15(14)27-2/h8-9,11-12H,3-7,10H2,1-2H3,(H,22,23). The quantitative estimate of drug-likeness (QED) is 0.689. The van der Waals surface area contributed by atoms with E-state index >= 15 is 0 Å². The number of imidazole rings is 1. The maximum absolute atomic E-state index is 13.5. The van der Waals surface area contributed by atoms with Crippen molar-refractivity contribution >= 4 is 11.2 Å². The van der Waals surface area contributed by atoms with Crippen molar-refractivity contribution in [2.45, 2.75) is 51.5 Å². The van der Waals surface area contributed by atoms with Gasteiger partial charge in [-0.05, 0) is 31.4 Å². The summed E-state index contributed by atoms with van der Waals surface area (Å²) in [5, 5.41) is 0. The first-order chi connectivity index (χ1) is 13.6. The molecule has 0 saturated heterocycles. The van der Waals surface area contributed by atoms with Gasteiger partial charge in [-0.1, -0.05) is 19.8 Å². The third-order valence-electron chi connectivity index (χ3n) is 5.11. The topological polar surface area (TPSA) is 82.0 Å². The highest BCUT2D eigenvalue weighted by Crippen LogP contribution is 2.34. The molecule has 148 valence electrons. The van der Waals surface area contributed by atoms with Crippen molar-refractivity contribution in [1.29, 1.82) is 0 Å². The molecule has 2 aromatic heterocycles. The predicted octanol–water partition coefficient (Wildman–Crippen LogP) is 4.13. The lowest BCUT2D eigenvalue weighted by molar-refractivity contribution is 0.350. The third-order valence-corrected chi connectivity index (χ3v) is 5.11. The lowest BCUT2D eigenvalue weighted by Crippen LogP contribution is -2.23. The van der Waals surface area contributed by atoms with Gasteiger partial charge in [0.15, 0.2) is 22.7 Å². The summed E-state index contributed by atoms with van der Waals surface area (Å²) in [6, 6.07) is 4.07. The molecule has 1 aliphatic carbocycles. The van der Waals surface area contributed by atoms with Crippen molar-refractivity contribution < 1.29 is 13.9 Å². The molecule has 0 unspecified atom stereocenters. The molecule has 0 aliphatic heterocycles. The Morgan fingerprint density at radius 2 is 2.04 bits per heavy atom. The van der Waals surface area contributed by atoms with Crippen molar-refractivity contribution in [2.24, 2.45) is 0 Å². The lowest BCUT2D eigenvalue weighted by Gasteiger charge is -2.13. The van der Waals surface area contributed by atoms with Crippen molar-refractivity contribution in [3.8, 4) is 17.5 Å². The Bertz CT molecular complexity index is 1050. The van der Waals surface area contributed by atoms with Crippen LogP contribution in [-0.2, 0) is 6.54 Å². The number of rotatable bonds is 6. The van der Waals surface area contributed by atoms with E-state index in [4.69, 9.17) is 9.47 Å². The molecule has 7 nitrogen and oxygen atoms in total. The largest absolute Gasteiger partial charge is 0.493 e. The van der Waals surface area contributed by atoms with Crippen LogP contribution in [0.25, 0.3) is 11.2 Å². The number of aromatic amines is 1. The molecule has 1 fully saturated rings. The number of hydrogen-bond acceptors (Lipinski definition) is 5. The monoisotopic (exact) mass is 386 g/mol. The molecule has 0 bridgehead atoms. The number of fused-ring (bicyclic) bond motifs is 1. The summed E-state index contributed by atoms with van der Waals surface area (Å²) < 4.78 is 26.0. The van der Waals surface area contributed by atoms with Crippen LogP contribution in [0.15, 0.2) is 23.0 Å². The van der Waals surface area contributed by atoms with Gasteiger partial charge in [0, 0.05) is 18.5 Å². The second-order valence-corrected chi connectivity index (χ2v) is 7.05. The number of halogens is 1. The molecule has 28 heavy (non-hydrogen) atoms.